The van der Waals surface area contributed by atoms with E-state index in [1.165, 1.54) is 0 Å². The number of amides is 1. The van der Waals surface area contributed by atoms with Gasteiger partial charge in [-0.05, 0) is 26.7 Å². The molecule has 0 aliphatic carbocycles. The molecule has 2 N–H and O–H groups in total. The number of carbonyl (C=O) groups excluding carboxylic acids is 1. The van der Waals surface area contributed by atoms with E-state index < -0.39 is 0 Å². The molecule has 0 spiro atoms. The second-order valence-corrected chi connectivity index (χ2v) is 5.04. The van der Waals surface area contributed by atoms with Gasteiger partial charge in [0.1, 0.15) is 0 Å². The molecule has 0 atom stereocenters. The van der Waals surface area contributed by atoms with E-state index in [-0.39, 0.29) is 11.9 Å². The van der Waals surface area contributed by atoms with E-state index in [0.717, 1.165) is 25.9 Å². The van der Waals surface area contributed by atoms with Crippen LogP contribution in [0.5, 0.6) is 0 Å². The summed E-state index contributed by atoms with van der Waals surface area (Å²) >= 11 is 0. The van der Waals surface area contributed by atoms with Crippen molar-refractivity contribution < 1.29 is 4.79 Å². The van der Waals surface area contributed by atoms with Crippen LogP contribution in [0, 0.1) is 0 Å². The van der Waals surface area contributed by atoms with Gasteiger partial charge >= 0.3 is 0 Å². The van der Waals surface area contributed by atoms with Crippen molar-refractivity contribution in [3.8, 4) is 0 Å². The first-order valence-corrected chi connectivity index (χ1v) is 6.43. The van der Waals surface area contributed by atoms with Gasteiger partial charge in [-0.3, -0.25) is 9.69 Å². The zero-order valence-electron chi connectivity index (χ0n) is 11.1. The van der Waals surface area contributed by atoms with Gasteiger partial charge in [0.2, 0.25) is 5.91 Å². The number of nitrogens with zero attached hydrogens (tertiary/aromatic N) is 2. The van der Waals surface area contributed by atoms with Gasteiger partial charge in [-0.1, -0.05) is 6.08 Å². The van der Waals surface area contributed by atoms with Crippen LogP contribution in [0.25, 0.3) is 0 Å². The topological polar surface area (TPSA) is 49.6 Å². The standard InChI is InChI=1S/C13H25N3O/c1-4-7-16(11(2)3)13(17)10-15-8-5-12(14)6-9-15/h4,11-12H,1,5-10,14H2,2-3H3. The molecule has 0 saturated carbocycles. The van der Waals surface area contributed by atoms with Crippen LogP contribution in [0.3, 0.4) is 0 Å². The Kier molecular flexibility index (Phi) is 5.65. The maximum atomic E-state index is 12.1. The lowest BCUT2D eigenvalue weighted by Gasteiger charge is -2.32. The number of carbonyl (C=O) groups is 1. The highest BCUT2D eigenvalue weighted by molar-refractivity contribution is 5.78. The fourth-order valence-corrected chi connectivity index (χ4v) is 2.13. The van der Waals surface area contributed by atoms with Gasteiger partial charge < -0.3 is 10.6 Å². The minimum atomic E-state index is 0.190. The predicted octanol–water partition coefficient (Wildman–Crippen LogP) is 0.833. The normalized spacial score (nSPS) is 18.4. The Morgan fingerprint density at radius 3 is 2.59 bits per heavy atom. The summed E-state index contributed by atoms with van der Waals surface area (Å²) in [5.74, 6) is 0.190. The maximum absolute atomic E-state index is 12.1. The molecule has 1 aliphatic rings. The molecule has 1 rings (SSSR count). The summed E-state index contributed by atoms with van der Waals surface area (Å²) in [6.45, 7) is 10.8. The van der Waals surface area contributed by atoms with E-state index in [2.05, 4.69) is 11.5 Å². The van der Waals surface area contributed by atoms with Gasteiger partial charge in [-0.15, -0.1) is 6.58 Å². The van der Waals surface area contributed by atoms with Gasteiger partial charge in [0.25, 0.3) is 0 Å². The molecule has 4 heteroatoms. The van der Waals surface area contributed by atoms with Crippen molar-refractivity contribution in [3.05, 3.63) is 12.7 Å². The second-order valence-electron chi connectivity index (χ2n) is 5.04. The van der Waals surface area contributed by atoms with Crippen LogP contribution >= 0.6 is 0 Å². The Morgan fingerprint density at radius 2 is 2.12 bits per heavy atom. The Morgan fingerprint density at radius 1 is 1.53 bits per heavy atom. The minimum Gasteiger partial charge on any atom is -0.335 e. The summed E-state index contributed by atoms with van der Waals surface area (Å²) < 4.78 is 0. The largest absolute Gasteiger partial charge is 0.335 e. The fourth-order valence-electron chi connectivity index (χ4n) is 2.13. The summed E-state index contributed by atoms with van der Waals surface area (Å²) in [5.41, 5.74) is 5.85. The third-order valence-corrected chi connectivity index (χ3v) is 3.26. The van der Waals surface area contributed by atoms with Crippen LogP contribution in [0.1, 0.15) is 26.7 Å². The Labute approximate surface area is 104 Å². The van der Waals surface area contributed by atoms with Crippen LogP contribution in [-0.2, 0) is 4.79 Å². The summed E-state index contributed by atoms with van der Waals surface area (Å²) in [4.78, 5) is 16.2. The van der Waals surface area contributed by atoms with Gasteiger partial charge in [0, 0.05) is 31.7 Å². The molecule has 0 unspecified atom stereocenters. The molecule has 98 valence electrons. The maximum Gasteiger partial charge on any atom is 0.237 e. The Bertz CT molecular complexity index is 257. The quantitative estimate of drug-likeness (QED) is 0.723. The second kappa shape index (κ2) is 6.77. The first-order valence-electron chi connectivity index (χ1n) is 6.43. The van der Waals surface area contributed by atoms with Gasteiger partial charge in [-0.2, -0.15) is 0 Å². The molecular formula is C13H25N3O. The highest BCUT2D eigenvalue weighted by Crippen LogP contribution is 2.09. The van der Waals surface area contributed by atoms with Crippen molar-refractivity contribution in [3.63, 3.8) is 0 Å². The molecule has 4 nitrogen and oxygen atoms in total. The molecular weight excluding hydrogens is 214 g/mol. The third-order valence-electron chi connectivity index (χ3n) is 3.26. The molecule has 0 aromatic rings. The van der Waals surface area contributed by atoms with Crippen molar-refractivity contribution in [1.82, 2.24) is 9.80 Å². The van der Waals surface area contributed by atoms with Crippen LogP contribution in [-0.4, -0.2) is 54.0 Å². The Balaban J connectivity index is 2.43. The van der Waals surface area contributed by atoms with Crippen LogP contribution in [0.4, 0.5) is 0 Å². The van der Waals surface area contributed by atoms with Gasteiger partial charge in [0.15, 0.2) is 0 Å². The first-order chi connectivity index (χ1) is 8.04. The van der Waals surface area contributed by atoms with Crippen molar-refractivity contribution in [2.75, 3.05) is 26.2 Å². The molecule has 1 saturated heterocycles. The lowest BCUT2D eigenvalue weighted by molar-refractivity contribution is -0.133. The number of hydrogen-bond acceptors (Lipinski definition) is 3. The summed E-state index contributed by atoms with van der Waals surface area (Å²) in [6.07, 6.45) is 3.77. The number of hydrogen-bond donors (Lipinski definition) is 1. The molecule has 1 fully saturated rings. The number of nitrogens with two attached hydrogens (primary N) is 1. The molecule has 17 heavy (non-hydrogen) atoms. The molecule has 1 heterocycles. The molecule has 0 bridgehead atoms. The lowest BCUT2D eigenvalue weighted by atomic mass is 10.1. The molecule has 1 aliphatic heterocycles. The van der Waals surface area contributed by atoms with Crippen LogP contribution < -0.4 is 5.73 Å². The number of likely N-dealkylation sites (tertiary alicyclic amines) is 1. The third kappa shape index (κ3) is 4.48. The Hall–Kier alpha value is -0.870. The smallest absolute Gasteiger partial charge is 0.237 e. The molecule has 0 radical (unpaired) electrons. The van der Waals surface area contributed by atoms with Crippen molar-refractivity contribution in [1.29, 1.82) is 0 Å². The van der Waals surface area contributed by atoms with E-state index in [9.17, 15) is 4.79 Å². The highest BCUT2D eigenvalue weighted by Gasteiger charge is 2.21. The van der Waals surface area contributed by atoms with Crippen molar-refractivity contribution in [2.45, 2.75) is 38.8 Å². The van der Waals surface area contributed by atoms with Crippen LogP contribution in [0.2, 0.25) is 0 Å². The minimum absolute atomic E-state index is 0.190. The summed E-state index contributed by atoms with van der Waals surface area (Å²) in [7, 11) is 0. The monoisotopic (exact) mass is 239 g/mol. The van der Waals surface area contributed by atoms with Crippen LogP contribution in [0.15, 0.2) is 12.7 Å². The van der Waals surface area contributed by atoms with Gasteiger partial charge in [-0.25, -0.2) is 0 Å². The predicted molar refractivity (Wildman–Crippen MR) is 70.7 cm³/mol. The highest BCUT2D eigenvalue weighted by atomic mass is 16.2. The summed E-state index contributed by atoms with van der Waals surface area (Å²) in [6, 6.07) is 0.545. The summed E-state index contributed by atoms with van der Waals surface area (Å²) in [5, 5.41) is 0. The van der Waals surface area contributed by atoms with E-state index >= 15 is 0 Å². The fraction of sp³-hybridized carbons (Fsp3) is 0.769. The first kappa shape index (κ1) is 14.2. The SMILES string of the molecule is C=CCN(C(=O)CN1CCC(N)CC1)C(C)C. The van der Waals surface area contributed by atoms with Gasteiger partial charge in [0.05, 0.1) is 6.54 Å². The molecule has 1 amide bonds. The van der Waals surface area contributed by atoms with E-state index in [1.807, 2.05) is 18.7 Å². The van der Waals surface area contributed by atoms with E-state index in [4.69, 9.17) is 5.73 Å². The van der Waals surface area contributed by atoms with E-state index in [1.54, 1.807) is 6.08 Å². The average Bonchev–Trinajstić information content (AvgIpc) is 2.28. The molecule has 0 aromatic carbocycles. The lowest BCUT2D eigenvalue weighted by Crippen LogP contribution is -2.47. The average molecular weight is 239 g/mol. The van der Waals surface area contributed by atoms with E-state index in [0.29, 0.717) is 19.1 Å². The zero-order valence-corrected chi connectivity index (χ0v) is 11.1. The van der Waals surface area contributed by atoms with Crippen molar-refractivity contribution in [2.24, 2.45) is 5.73 Å². The zero-order chi connectivity index (χ0) is 12.8. The molecule has 0 aromatic heterocycles. The number of piperidine rings is 1. The number of rotatable bonds is 5. The van der Waals surface area contributed by atoms with Crippen molar-refractivity contribution >= 4 is 5.91 Å².